The van der Waals surface area contributed by atoms with Gasteiger partial charge in [-0.1, -0.05) is 0 Å². The molecule has 2 saturated heterocycles. The average molecular weight is 458 g/mol. The third-order valence-electron chi connectivity index (χ3n) is 5.26. The summed E-state index contributed by atoms with van der Waals surface area (Å²) in [6.45, 7) is 6.26. The summed E-state index contributed by atoms with van der Waals surface area (Å²) in [6.07, 6.45) is 3.42. The summed E-state index contributed by atoms with van der Waals surface area (Å²) in [4.78, 5) is 28.4. The standard InChI is InChI=1S/C20H26N8O5/c1-2-33-16-12-15(28(30)31)11-14(17(16)29)13-21-25-18-22-19(26-5-3-4-6-26)24-20(23-18)27-7-9-32-10-8-27/h11-13,29H,2-10H2,1H3,(H,22,23,24,25)/b21-13-. The van der Waals surface area contributed by atoms with Crippen LogP contribution in [0, 0.1) is 10.1 Å². The van der Waals surface area contributed by atoms with Crippen molar-refractivity contribution in [1.82, 2.24) is 15.0 Å². The fraction of sp³-hybridized carbons (Fsp3) is 0.500. The Bertz CT molecular complexity index is 1020. The molecule has 0 radical (unpaired) electrons. The second kappa shape index (κ2) is 10.3. The number of phenolic OH excluding ortho intramolecular Hbond substituents is 1. The Labute approximate surface area is 190 Å². The molecule has 0 unspecified atom stereocenters. The van der Waals surface area contributed by atoms with E-state index in [0.717, 1.165) is 25.9 Å². The number of benzene rings is 1. The van der Waals surface area contributed by atoms with Crippen LogP contribution in [0.4, 0.5) is 23.5 Å². The molecule has 2 fully saturated rings. The van der Waals surface area contributed by atoms with Gasteiger partial charge in [-0.15, -0.1) is 0 Å². The van der Waals surface area contributed by atoms with Gasteiger partial charge >= 0.3 is 0 Å². The third kappa shape index (κ3) is 5.37. The van der Waals surface area contributed by atoms with Gasteiger partial charge in [0.05, 0.1) is 37.0 Å². The van der Waals surface area contributed by atoms with E-state index in [1.807, 2.05) is 4.90 Å². The van der Waals surface area contributed by atoms with E-state index in [-0.39, 0.29) is 35.3 Å². The highest BCUT2D eigenvalue weighted by Crippen LogP contribution is 2.34. The van der Waals surface area contributed by atoms with Gasteiger partial charge in [-0.2, -0.15) is 20.1 Å². The van der Waals surface area contributed by atoms with Crippen molar-refractivity contribution >= 4 is 29.7 Å². The second-order valence-electron chi connectivity index (χ2n) is 7.49. The number of aromatic hydroxyl groups is 1. The van der Waals surface area contributed by atoms with E-state index in [2.05, 4.69) is 30.4 Å². The van der Waals surface area contributed by atoms with Gasteiger partial charge < -0.3 is 24.4 Å². The molecule has 13 heteroatoms. The molecule has 2 N–H and O–H groups in total. The zero-order valence-corrected chi connectivity index (χ0v) is 18.3. The number of ether oxygens (including phenoxy) is 2. The number of hydrogen-bond acceptors (Lipinski definition) is 12. The van der Waals surface area contributed by atoms with Crippen molar-refractivity contribution in [3.8, 4) is 11.5 Å². The Morgan fingerprint density at radius 1 is 1.18 bits per heavy atom. The maximum atomic E-state index is 11.2. The summed E-state index contributed by atoms with van der Waals surface area (Å²) >= 11 is 0. The average Bonchev–Trinajstić information content (AvgIpc) is 3.37. The third-order valence-corrected chi connectivity index (χ3v) is 5.26. The first-order chi connectivity index (χ1) is 16.0. The summed E-state index contributed by atoms with van der Waals surface area (Å²) in [7, 11) is 0. The Kier molecular flexibility index (Phi) is 6.98. The quantitative estimate of drug-likeness (QED) is 0.338. The molecule has 0 aliphatic carbocycles. The number of anilines is 3. The molecule has 0 amide bonds. The summed E-state index contributed by atoms with van der Waals surface area (Å²) in [5.74, 6) is 1.11. The van der Waals surface area contributed by atoms with Gasteiger partial charge in [0, 0.05) is 37.8 Å². The van der Waals surface area contributed by atoms with Crippen LogP contribution in [0.5, 0.6) is 11.5 Å². The van der Waals surface area contributed by atoms with Crippen molar-refractivity contribution in [3.05, 3.63) is 27.8 Å². The number of phenols is 1. The first-order valence-electron chi connectivity index (χ1n) is 10.8. The van der Waals surface area contributed by atoms with Crippen molar-refractivity contribution in [2.75, 3.05) is 61.2 Å². The smallest absolute Gasteiger partial charge is 0.274 e. The largest absolute Gasteiger partial charge is 0.504 e. The fourth-order valence-electron chi connectivity index (χ4n) is 3.61. The molecule has 4 rings (SSSR count). The van der Waals surface area contributed by atoms with Crippen molar-refractivity contribution in [2.24, 2.45) is 5.10 Å². The fourth-order valence-corrected chi connectivity index (χ4v) is 3.61. The van der Waals surface area contributed by atoms with Crippen LogP contribution in [0.15, 0.2) is 17.2 Å². The van der Waals surface area contributed by atoms with Gasteiger partial charge in [0.2, 0.25) is 17.8 Å². The lowest BCUT2D eigenvalue weighted by Gasteiger charge is -2.27. The molecule has 33 heavy (non-hydrogen) atoms. The molecule has 0 saturated carbocycles. The van der Waals surface area contributed by atoms with Crippen molar-refractivity contribution in [1.29, 1.82) is 0 Å². The zero-order valence-electron chi connectivity index (χ0n) is 18.3. The lowest BCUT2D eigenvalue weighted by Crippen LogP contribution is -2.38. The van der Waals surface area contributed by atoms with Gasteiger partial charge in [0.15, 0.2) is 11.5 Å². The van der Waals surface area contributed by atoms with E-state index >= 15 is 0 Å². The van der Waals surface area contributed by atoms with Crippen LogP contribution in [0.3, 0.4) is 0 Å². The molecule has 2 aliphatic heterocycles. The maximum Gasteiger partial charge on any atom is 0.274 e. The van der Waals surface area contributed by atoms with E-state index < -0.39 is 4.92 Å². The van der Waals surface area contributed by atoms with E-state index in [9.17, 15) is 15.2 Å². The number of hydrogen-bond donors (Lipinski definition) is 2. The van der Waals surface area contributed by atoms with Crippen LogP contribution in [-0.4, -0.2) is 77.2 Å². The normalized spacial score (nSPS) is 16.4. The molecule has 1 aromatic carbocycles. The topological polar surface area (TPSA) is 151 Å². The van der Waals surface area contributed by atoms with Gasteiger partial charge in [-0.3, -0.25) is 10.1 Å². The number of nitrogens with zero attached hydrogens (tertiary/aromatic N) is 7. The van der Waals surface area contributed by atoms with Crippen LogP contribution in [0.25, 0.3) is 0 Å². The molecule has 0 spiro atoms. The lowest BCUT2D eigenvalue weighted by molar-refractivity contribution is -0.385. The molecule has 0 bridgehead atoms. The molecule has 176 valence electrons. The van der Waals surface area contributed by atoms with Crippen LogP contribution < -0.4 is 20.0 Å². The Balaban J connectivity index is 1.59. The molecular weight excluding hydrogens is 432 g/mol. The number of hydrazone groups is 1. The van der Waals surface area contributed by atoms with Gasteiger partial charge in [0.25, 0.3) is 5.69 Å². The number of non-ortho nitro benzene ring substituents is 1. The summed E-state index contributed by atoms with van der Waals surface area (Å²) in [5.41, 5.74) is 2.67. The first kappa shape index (κ1) is 22.5. The van der Waals surface area contributed by atoms with Gasteiger partial charge in [-0.05, 0) is 19.8 Å². The zero-order chi connectivity index (χ0) is 23.2. The minimum Gasteiger partial charge on any atom is -0.504 e. The summed E-state index contributed by atoms with van der Waals surface area (Å²) < 4.78 is 10.7. The number of nitro benzene ring substituents is 1. The van der Waals surface area contributed by atoms with Crippen molar-refractivity contribution in [2.45, 2.75) is 19.8 Å². The minimum atomic E-state index is -0.560. The highest BCUT2D eigenvalue weighted by Gasteiger charge is 2.21. The number of nitro groups is 1. The predicted octanol–water partition coefficient (Wildman–Crippen LogP) is 1.77. The molecule has 13 nitrogen and oxygen atoms in total. The van der Waals surface area contributed by atoms with E-state index in [4.69, 9.17) is 9.47 Å². The summed E-state index contributed by atoms with van der Waals surface area (Å²) in [6, 6.07) is 2.39. The molecule has 2 aliphatic rings. The number of morpholine rings is 1. The molecular formula is C20H26N8O5. The van der Waals surface area contributed by atoms with Gasteiger partial charge in [0.1, 0.15) is 0 Å². The van der Waals surface area contributed by atoms with Crippen LogP contribution in [-0.2, 0) is 4.74 Å². The Morgan fingerprint density at radius 3 is 2.48 bits per heavy atom. The lowest BCUT2D eigenvalue weighted by atomic mass is 10.1. The molecule has 0 atom stereocenters. The Hall–Kier alpha value is -3.74. The maximum absolute atomic E-state index is 11.2. The molecule has 2 aromatic rings. The highest BCUT2D eigenvalue weighted by molar-refractivity contribution is 5.86. The number of rotatable bonds is 8. The van der Waals surface area contributed by atoms with Crippen LogP contribution in [0.1, 0.15) is 25.3 Å². The number of aromatic nitrogens is 3. The second-order valence-corrected chi connectivity index (χ2v) is 7.49. The van der Waals surface area contributed by atoms with Crippen LogP contribution in [0.2, 0.25) is 0 Å². The predicted molar refractivity (Wildman–Crippen MR) is 121 cm³/mol. The van der Waals surface area contributed by atoms with Crippen LogP contribution >= 0.6 is 0 Å². The van der Waals surface area contributed by atoms with E-state index in [1.165, 1.54) is 18.3 Å². The number of nitrogens with one attached hydrogen (secondary N) is 1. The highest BCUT2D eigenvalue weighted by atomic mass is 16.6. The van der Waals surface area contributed by atoms with E-state index in [0.29, 0.717) is 38.2 Å². The van der Waals surface area contributed by atoms with Gasteiger partial charge in [-0.25, -0.2) is 5.43 Å². The minimum absolute atomic E-state index is 0.0132. The summed E-state index contributed by atoms with van der Waals surface area (Å²) in [5, 5.41) is 25.7. The van der Waals surface area contributed by atoms with Crippen molar-refractivity contribution in [3.63, 3.8) is 0 Å². The van der Waals surface area contributed by atoms with E-state index in [1.54, 1.807) is 6.92 Å². The Morgan fingerprint density at radius 2 is 1.85 bits per heavy atom. The SMILES string of the molecule is CCOc1cc([N+](=O)[O-])cc(/C=N\Nc2nc(N3CCCC3)nc(N3CCOCC3)n2)c1O. The monoisotopic (exact) mass is 458 g/mol. The molecule has 1 aromatic heterocycles. The molecule has 3 heterocycles. The van der Waals surface area contributed by atoms with Crippen molar-refractivity contribution < 1.29 is 19.5 Å². The first-order valence-corrected chi connectivity index (χ1v) is 10.8.